The lowest BCUT2D eigenvalue weighted by atomic mass is 10.1. The van der Waals surface area contributed by atoms with Gasteiger partial charge in [-0.3, -0.25) is 24.7 Å². The minimum absolute atomic E-state index is 0.0608. The van der Waals surface area contributed by atoms with Gasteiger partial charge in [0.25, 0.3) is 11.8 Å². The number of anilines is 1. The Kier molecular flexibility index (Phi) is 4.88. The van der Waals surface area contributed by atoms with E-state index in [9.17, 15) is 19.5 Å². The molecule has 0 spiro atoms. The van der Waals surface area contributed by atoms with E-state index in [-0.39, 0.29) is 28.3 Å². The van der Waals surface area contributed by atoms with Crippen LogP contribution in [0.5, 0.6) is 0 Å². The van der Waals surface area contributed by atoms with Crippen LogP contribution in [0.4, 0.5) is 5.82 Å². The molecule has 0 unspecified atom stereocenters. The first-order valence-electron chi connectivity index (χ1n) is 7.72. The Morgan fingerprint density at radius 3 is 2.48 bits per heavy atom. The molecule has 136 valence electrons. The largest absolute Gasteiger partial charge is 0.477 e. The minimum atomic E-state index is -1.26. The highest BCUT2D eigenvalue weighted by Gasteiger charge is 2.23. The molecule has 0 bridgehead atoms. The summed E-state index contributed by atoms with van der Waals surface area (Å²) in [5.41, 5.74) is 0.715. The van der Waals surface area contributed by atoms with Gasteiger partial charge < -0.3 is 15.7 Å². The van der Waals surface area contributed by atoms with E-state index >= 15 is 0 Å². The molecule has 0 radical (unpaired) electrons. The standard InChI is InChI=1S/C17H14N6O4/c1-18-16(25)11-8-10(4-7-20-11)15(24)21-14-12(17(26)27)13(22-23-14)9-2-5-19-6-3-9/h2-8H,1H3,(H,18,25)(H,26,27)(H2,21,22,23,24). The Morgan fingerprint density at radius 2 is 1.81 bits per heavy atom. The predicted molar refractivity (Wildman–Crippen MR) is 94.4 cm³/mol. The van der Waals surface area contributed by atoms with Gasteiger partial charge in [-0.05, 0) is 24.3 Å². The third kappa shape index (κ3) is 3.63. The van der Waals surface area contributed by atoms with Crippen molar-refractivity contribution in [2.24, 2.45) is 0 Å². The number of hydrogen-bond donors (Lipinski definition) is 4. The van der Waals surface area contributed by atoms with Gasteiger partial charge in [0.15, 0.2) is 0 Å². The van der Waals surface area contributed by atoms with E-state index in [0.717, 1.165) is 0 Å². The summed E-state index contributed by atoms with van der Waals surface area (Å²) < 4.78 is 0. The van der Waals surface area contributed by atoms with Crippen molar-refractivity contribution >= 4 is 23.6 Å². The summed E-state index contributed by atoms with van der Waals surface area (Å²) >= 11 is 0. The molecule has 0 aliphatic carbocycles. The number of carbonyl (C=O) groups is 3. The molecule has 10 heteroatoms. The van der Waals surface area contributed by atoms with Gasteiger partial charge in [-0.2, -0.15) is 5.10 Å². The fraction of sp³-hybridized carbons (Fsp3) is 0.0588. The van der Waals surface area contributed by atoms with Crippen LogP contribution in [0.2, 0.25) is 0 Å². The predicted octanol–water partition coefficient (Wildman–Crippen LogP) is 1.18. The van der Waals surface area contributed by atoms with E-state index < -0.39 is 17.8 Å². The molecule has 0 saturated heterocycles. The van der Waals surface area contributed by atoms with E-state index in [0.29, 0.717) is 5.56 Å². The Balaban J connectivity index is 1.92. The fourth-order valence-electron chi connectivity index (χ4n) is 2.37. The number of carboxylic acid groups (broad SMARTS) is 1. The maximum absolute atomic E-state index is 12.5. The molecular formula is C17H14N6O4. The van der Waals surface area contributed by atoms with Gasteiger partial charge in [0.05, 0.1) is 0 Å². The second kappa shape index (κ2) is 7.44. The SMILES string of the molecule is CNC(=O)c1cc(C(=O)Nc2[nH]nc(-c3ccncc3)c2C(=O)O)ccn1. The highest BCUT2D eigenvalue weighted by atomic mass is 16.4. The normalized spacial score (nSPS) is 10.3. The smallest absolute Gasteiger partial charge is 0.341 e. The van der Waals surface area contributed by atoms with E-state index in [4.69, 9.17) is 0 Å². The number of carbonyl (C=O) groups excluding carboxylic acids is 2. The van der Waals surface area contributed by atoms with E-state index in [1.165, 1.54) is 37.8 Å². The van der Waals surface area contributed by atoms with Crippen molar-refractivity contribution in [3.63, 3.8) is 0 Å². The van der Waals surface area contributed by atoms with Crippen molar-refractivity contribution in [1.82, 2.24) is 25.5 Å². The number of nitrogens with one attached hydrogen (secondary N) is 3. The molecule has 0 atom stereocenters. The lowest BCUT2D eigenvalue weighted by molar-refractivity contribution is 0.0698. The van der Waals surface area contributed by atoms with E-state index in [2.05, 4.69) is 30.8 Å². The molecule has 27 heavy (non-hydrogen) atoms. The van der Waals surface area contributed by atoms with Crippen molar-refractivity contribution < 1.29 is 19.5 Å². The molecule has 0 fully saturated rings. The number of pyridine rings is 2. The van der Waals surface area contributed by atoms with Gasteiger partial charge in [0.1, 0.15) is 22.8 Å². The van der Waals surface area contributed by atoms with Crippen molar-refractivity contribution in [1.29, 1.82) is 0 Å². The van der Waals surface area contributed by atoms with Crippen LogP contribution in [0.1, 0.15) is 31.2 Å². The fourth-order valence-corrected chi connectivity index (χ4v) is 2.37. The molecule has 3 heterocycles. The van der Waals surface area contributed by atoms with Crippen LogP contribution < -0.4 is 10.6 Å². The summed E-state index contributed by atoms with van der Waals surface area (Å²) in [6, 6.07) is 5.91. The van der Waals surface area contributed by atoms with E-state index in [1.54, 1.807) is 12.1 Å². The first kappa shape index (κ1) is 17.7. The third-order valence-electron chi connectivity index (χ3n) is 3.65. The minimum Gasteiger partial charge on any atom is -0.477 e. The van der Waals surface area contributed by atoms with Crippen LogP contribution in [0, 0.1) is 0 Å². The lowest BCUT2D eigenvalue weighted by Crippen LogP contribution is -2.21. The average molecular weight is 366 g/mol. The highest BCUT2D eigenvalue weighted by Crippen LogP contribution is 2.26. The zero-order chi connectivity index (χ0) is 19.4. The molecule has 10 nitrogen and oxygen atoms in total. The number of aromatic carboxylic acids is 1. The average Bonchev–Trinajstić information content (AvgIpc) is 3.12. The molecule has 3 aromatic heterocycles. The zero-order valence-electron chi connectivity index (χ0n) is 14.1. The quantitative estimate of drug-likeness (QED) is 0.529. The maximum Gasteiger partial charge on any atom is 0.341 e. The monoisotopic (exact) mass is 366 g/mol. The third-order valence-corrected chi connectivity index (χ3v) is 3.65. The molecule has 4 N–H and O–H groups in total. The first-order valence-corrected chi connectivity index (χ1v) is 7.72. The lowest BCUT2D eigenvalue weighted by Gasteiger charge is -2.06. The number of amides is 2. The first-order chi connectivity index (χ1) is 13.0. The van der Waals surface area contributed by atoms with Crippen molar-refractivity contribution in [3.05, 3.63) is 59.7 Å². The topological polar surface area (TPSA) is 150 Å². The Morgan fingerprint density at radius 1 is 1.07 bits per heavy atom. The van der Waals surface area contributed by atoms with Gasteiger partial charge in [-0.15, -0.1) is 0 Å². The summed E-state index contributed by atoms with van der Waals surface area (Å²) in [6.45, 7) is 0. The summed E-state index contributed by atoms with van der Waals surface area (Å²) in [5, 5.41) is 20.9. The van der Waals surface area contributed by atoms with E-state index in [1.807, 2.05) is 0 Å². The number of carboxylic acids is 1. The van der Waals surface area contributed by atoms with Crippen LogP contribution in [0.3, 0.4) is 0 Å². The number of H-pyrrole nitrogens is 1. The number of aromatic nitrogens is 4. The number of aromatic amines is 1. The molecule has 0 aliphatic rings. The maximum atomic E-state index is 12.5. The highest BCUT2D eigenvalue weighted by molar-refractivity contribution is 6.09. The van der Waals surface area contributed by atoms with Gasteiger partial charge in [0, 0.05) is 36.8 Å². The van der Waals surface area contributed by atoms with Gasteiger partial charge in [0.2, 0.25) is 0 Å². The summed E-state index contributed by atoms with van der Waals surface area (Å²) in [4.78, 5) is 43.6. The Labute approximate surface area is 152 Å². The van der Waals surface area contributed by atoms with Crippen LogP contribution in [-0.4, -0.2) is 50.1 Å². The number of rotatable bonds is 5. The molecule has 2 amide bonds. The summed E-state index contributed by atoms with van der Waals surface area (Å²) in [7, 11) is 1.45. The second-order valence-electron chi connectivity index (χ2n) is 5.33. The van der Waals surface area contributed by atoms with Gasteiger partial charge >= 0.3 is 5.97 Å². The zero-order valence-corrected chi connectivity index (χ0v) is 14.1. The molecule has 0 aromatic carbocycles. The van der Waals surface area contributed by atoms with Crippen LogP contribution >= 0.6 is 0 Å². The number of hydrogen-bond acceptors (Lipinski definition) is 6. The molecular weight excluding hydrogens is 352 g/mol. The summed E-state index contributed by atoms with van der Waals surface area (Å²) in [5.74, 6) is -2.39. The van der Waals surface area contributed by atoms with Gasteiger partial charge in [-0.1, -0.05) is 0 Å². The Bertz CT molecular complexity index is 1020. The molecule has 3 aromatic rings. The van der Waals surface area contributed by atoms with Gasteiger partial charge in [-0.25, -0.2) is 4.79 Å². The van der Waals surface area contributed by atoms with Crippen LogP contribution in [0.15, 0.2) is 42.9 Å². The van der Waals surface area contributed by atoms with Crippen molar-refractivity contribution in [3.8, 4) is 11.3 Å². The van der Waals surface area contributed by atoms with Crippen LogP contribution in [0.25, 0.3) is 11.3 Å². The second-order valence-corrected chi connectivity index (χ2v) is 5.33. The van der Waals surface area contributed by atoms with Crippen molar-refractivity contribution in [2.75, 3.05) is 12.4 Å². The molecule has 0 saturated carbocycles. The summed E-state index contributed by atoms with van der Waals surface area (Å²) in [6.07, 6.45) is 4.32. The van der Waals surface area contributed by atoms with Crippen LogP contribution in [-0.2, 0) is 0 Å². The van der Waals surface area contributed by atoms with Crippen molar-refractivity contribution in [2.45, 2.75) is 0 Å². The molecule has 3 rings (SSSR count). The number of nitrogens with zero attached hydrogens (tertiary/aromatic N) is 3. The molecule has 0 aliphatic heterocycles. The Hall–Kier alpha value is -4.08.